The largest absolute Gasteiger partial charge is 0.423 e. The van der Waals surface area contributed by atoms with Crippen molar-refractivity contribution in [2.75, 3.05) is 11.9 Å². The monoisotopic (exact) mass is 375 g/mol. The van der Waals surface area contributed by atoms with Gasteiger partial charge < -0.3 is 14.5 Å². The summed E-state index contributed by atoms with van der Waals surface area (Å²) in [5.41, 5.74) is 4.97. The second-order valence-corrected chi connectivity index (χ2v) is 6.31. The van der Waals surface area contributed by atoms with Gasteiger partial charge in [0.25, 0.3) is 6.01 Å². The van der Waals surface area contributed by atoms with Crippen LogP contribution in [0.2, 0.25) is 0 Å². The van der Waals surface area contributed by atoms with Crippen molar-refractivity contribution in [1.82, 2.24) is 20.0 Å². The maximum atomic E-state index is 5.89. The van der Waals surface area contributed by atoms with E-state index >= 15 is 0 Å². The fraction of sp³-hybridized carbons (Fsp3) is 0.190. The summed E-state index contributed by atoms with van der Waals surface area (Å²) in [6, 6.07) is 14.4. The van der Waals surface area contributed by atoms with Crippen LogP contribution in [0, 0.1) is 6.92 Å². The van der Waals surface area contributed by atoms with Gasteiger partial charge >= 0.3 is 0 Å². The lowest BCUT2D eigenvalue weighted by Gasteiger charge is -2.09. The highest BCUT2D eigenvalue weighted by molar-refractivity contribution is 5.62. The SMILES string of the molecule is CCOCc1ccc(C)c(Nc2ncc(-c3ccc(-n4nccn4)cc3)o2)c1. The smallest absolute Gasteiger partial charge is 0.299 e. The highest BCUT2D eigenvalue weighted by atomic mass is 16.5. The molecule has 4 aromatic rings. The van der Waals surface area contributed by atoms with E-state index in [0.717, 1.165) is 28.1 Å². The Bertz CT molecular complexity index is 1040. The van der Waals surface area contributed by atoms with Crippen LogP contribution in [0.25, 0.3) is 17.0 Å². The first-order valence-electron chi connectivity index (χ1n) is 9.10. The molecule has 0 amide bonds. The number of hydrogen-bond donors (Lipinski definition) is 1. The first kappa shape index (κ1) is 17.9. The zero-order valence-electron chi connectivity index (χ0n) is 15.8. The highest BCUT2D eigenvalue weighted by Gasteiger charge is 2.09. The van der Waals surface area contributed by atoms with E-state index in [9.17, 15) is 0 Å². The van der Waals surface area contributed by atoms with Gasteiger partial charge in [0.1, 0.15) is 0 Å². The Hall–Kier alpha value is -3.45. The van der Waals surface area contributed by atoms with Gasteiger partial charge in [-0.15, -0.1) is 0 Å². The maximum Gasteiger partial charge on any atom is 0.299 e. The fourth-order valence-electron chi connectivity index (χ4n) is 2.80. The zero-order valence-corrected chi connectivity index (χ0v) is 15.8. The molecule has 0 aliphatic rings. The second kappa shape index (κ2) is 8.06. The molecule has 28 heavy (non-hydrogen) atoms. The molecule has 7 heteroatoms. The van der Waals surface area contributed by atoms with E-state index < -0.39 is 0 Å². The number of aryl methyl sites for hydroxylation is 1. The Morgan fingerprint density at radius 2 is 1.86 bits per heavy atom. The van der Waals surface area contributed by atoms with Gasteiger partial charge in [-0.3, -0.25) is 0 Å². The molecule has 0 saturated carbocycles. The van der Waals surface area contributed by atoms with Crippen LogP contribution in [0.4, 0.5) is 11.7 Å². The molecule has 0 saturated heterocycles. The van der Waals surface area contributed by atoms with Crippen LogP contribution in [-0.2, 0) is 11.3 Å². The number of oxazole rings is 1. The number of aromatic nitrogens is 4. The minimum atomic E-state index is 0.449. The van der Waals surface area contributed by atoms with Gasteiger partial charge in [0.15, 0.2) is 5.76 Å². The maximum absolute atomic E-state index is 5.89. The van der Waals surface area contributed by atoms with Crippen LogP contribution in [0.5, 0.6) is 0 Å². The molecule has 0 aliphatic heterocycles. The van der Waals surface area contributed by atoms with Gasteiger partial charge in [-0.05, 0) is 55.3 Å². The lowest BCUT2D eigenvalue weighted by atomic mass is 10.1. The minimum Gasteiger partial charge on any atom is -0.423 e. The van der Waals surface area contributed by atoms with Gasteiger partial charge in [0, 0.05) is 17.9 Å². The number of rotatable bonds is 7. The number of nitrogens with zero attached hydrogens (tertiary/aromatic N) is 4. The van der Waals surface area contributed by atoms with Crippen LogP contribution < -0.4 is 5.32 Å². The van der Waals surface area contributed by atoms with Crippen molar-refractivity contribution in [3.63, 3.8) is 0 Å². The van der Waals surface area contributed by atoms with E-state index in [1.807, 2.05) is 38.1 Å². The molecule has 0 bridgehead atoms. The molecule has 0 radical (unpaired) electrons. The van der Waals surface area contributed by atoms with Gasteiger partial charge in [0.2, 0.25) is 0 Å². The molecule has 1 N–H and O–H groups in total. The lowest BCUT2D eigenvalue weighted by Crippen LogP contribution is -1.97. The fourth-order valence-corrected chi connectivity index (χ4v) is 2.80. The average Bonchev–Trinajstić information content (AvgIpc) is 3.41. The first-order chi connectivity index (χ1) is 13.7. The van der Waals surface area contributed by atoms with Crippen LogP contribution >= 0.6 is 0 Å². The molecule has 2 aromatic heterocycles. The van der Waals surface area contributed by atoms with Crippen LogP contribution in [0.1, 0.15) is 18.1 Å². The number of benzene rings is 2. The van der Waals surface area contributed by atoms with Crippen molar-refractivity contribution >= 4 is 11.7 Å². The Morgan fingerprint density at radius 3 is 2.61 bits per heavy atom. The Morgan fingerprint density at radius 1 is 1.07 bits per heavy atom. The molecule has 0 atom stereocenters. The first-order valence-corrected chi connectivity index (χ1v) is 9.10. The molecule has 142 valence electrons. The number of nitrogens with one attached hydrogen (secondary N) is 1. The molecule has 7 nitrogen and oxygen atoms in total. The standard InChI is InChI=1S/C21H21N5O2/c1-3-27-14-16-5-4-15(2)19(12-16)25-21-22-13-20(28-21)17-6-8-18(9-7-17)26-23-10-11-24-26/h4-13H,3,14H2,1-2H3,(H,22,25). The summed E-state index contributed by atoms with van der Waals surface area (Å²) < 4.78 is 11.4. The van der Waals surface area contributed by atoms with E-state index in [2.05, 4.69) is 38.7 Å². The molecule has 0 aliphatic carbocycles. The van der Waals surface area contributed by atoms with E-state index in [-0.39, 0.29) is 0 Å². The molecule has 0 fully saturated rings. The molecule has 4 rings (SSSR count). The van der Waals surface area contributed by atoms with Crippen LogP contribution in [0.15, 0.2) is 65.5 Å². The summed E-state index contributed by atoms with van der Waals surface area (Å²) in [6.07, 6.45) is 5.00. The van der Waals surface area contributed by atoms with Crippen molar-refractivity contribution in [2.24, 2.45) is 0 Å². The van der Waals surface area contributed by atoms with Gasteiger partial charge in [0.05, 0.1) is 30.9 Å². The van der Waals surface area contributed by atoms with E-state index in [1.165, 1.54) is 0 Å². The van der Waals surface area contributed by atoms with Crippen molar-refractivity contribution in [1.29, 1.82) is 0 Å². The number of ether oxygens (including phenoxy) is 1. The van der Waals surface area contributed by atoms with E-state index in [0.29, 0.717) is 25.0 Å². The van der Waals surface area contributed by atoms with E-state index in [1.54, 1.807) is 23.4 Å². The summed E-state index contributed by atoms with van der Waals surface area (Å²) in [4.78, 5) is 5.92. The Balaban J connectivity index is 1.50. The van der Waals surface area contributed by atoms with Crippen LogP contribution in [-0.4, -0.2) is 26.6 Å². The number of anilines is 2. The average molecular weight is 375 g/mol. The summed E-state index contributed by atoms with van der Waals surface area (Å²) in [6.45, 7) is 5.30. The third-order valence-corrected chi connectivity index (χ3v) is 4.32. The van der Waals surface area contributed by atoms with E-state index in [4.69, 9.17) is 9.15 Å². The molecule has 2 aromatic carbocycles. The predicted molar refractivity (Wildman–Crippen MR) is 107 cm³/mol. The van der Waals surface area contributed by atoms with Gasteiger partial charge in [-0.25, -0.2) is 4.98 Å². The number of hydrogen-bond acceptors (Lipinski definition) is 6. The minimum absolute atomic E-state index is 0.449. The highest BCUT2D eigenvalue weighted by Crippen LogP contribution is 2.27. The molecule has 2 heterocycles. The summed E-state index contributed by atoms with van der Waals surface area (Å²) in [7, 11) is 0. The van der Waals surface area contributed by atoms with Crippen molar-refractivity contribution in [3.8, 4) is 17.0 Å². The van der Waals surface area contributed by atoms with Crippen molar-refractivity contribution in [3.05, 3.63) is 72.2 Å². The summed E-state index contributed by atoms with van der Waals surface area (Å²) >= 11 is 0. The van der Waals surface area contributed by atoms with Crippen molar-refractivity contribution in [2.45, 2.75) is 20.5 Å². The Kier molecular flexibility index (Phi) is 5.16. The summed E-state index contributed by atoms with van der Waals surface area (Å²) in [5, 5.41) is 11.5. The second-order valence-electron chi connectivity index (χ2n) is 6.31. The van der Waals surface area contributed by atoms with Gasteiger partial charge in [-0.2, -0.15) is 15.0 Å². The van der Waals surface area contributed by atoms with Gasteiger partial charge in [-0.1, -0.05) is 12.1 Å². The third-order valence-electron chi connectivity index (χ3n) is 4.32. The quantitative estimate of drug-likeness (QED) is 0.512. The molecule has 0 unspecified atom stereocenters. The normalized spacial score (nSPS) is 10.9. The third kappa shape index (κ3) is 3.94. The zero-order chi connectivity index (χ0) is 19.3. The molecule has 0 spiro atoms. The van der Waals surface area contributed by atoms with Crippen molar-refractivity contribution < 1.29 is 9.15 Å². The topological polar surface area (TPSA) is 78.0 Å². The molecular weight excluding hydrogens is 354 g/mol. The molecular formula is C21H21N5O2. The van der Waals surface area contributed by atoms with Crippen LogP contribution in [0.3, 0.4) is 0 Å². The predicted octanol–water partition coefficient (Wildman–Crippen LogP) is 4.51. The Labute approximate surface area is 163 Å². The lowest BCUT2D eigenvalue weighted by molar-refractivity contribution is 0.134. The summed E-state index contributed by atoms with van der Waals surface area (Å²) in [5.74, 6) is 0.686.